The third-order valence-corrected chi connectivity index (χ3v) is 5.61. The van der Waals surface area contributed by atoms with E-state index in [2.05, 4.69) is 4.72 Å². The molecule has 1 atom stereocenters. The van der Waals surface area contributed by atoms with Gasteiger partial charge in [-0.15, -0.1) is 11.3 Å². The summed E-state index contributed by atoms with van der Waals surface area (Å²) in [7, 11) is -3.45. The van der Waals surface area contributed by atoms with E-state index in [1.54, 1.807) is 5.38 Å². The molecule has 6 heteroatoms. The van der Waals surface area contributed by atoms with Crippen molar-refractivity contribution in [2.75, 3.05) is 0 Å². The van der Waals surface area contributed by atoms with E-state index in [0.717, 1.165) is 17.8 Å². The van der Waals surface area contributed by atoms with E-state index in [1.165, 1.54) is 6.07 Å². The molecule has 0 saturated carbocycles. The summed E-state index contributed by atoms with van der Waals surface area (Å²) in [5, 5.41) is 10.6. The van der Waals surface area contributed by atoms with Crippen LogP contribution in [0.2, 0.25) is 0 Å². The van der Waals surface area contributed by atoms with Gasteiger partial charge in [0.15, 0.2) is 0 Å². The number of rotatable bonds is 6. The van der Waals surface area contributed by atoms with Gasteiger partial charge in [-0.3, -0.25) is 0 Å². The second-order valence-corrected chi connectivity index (χ2v) is 7.16. The topological polar surface area (TPSA) is 66.4 Å². The lowest BCUT2D eigenvalue weighted by Gasteiger charge is -2.19. The van der Waals surface area contributed by atoms with Crippen LogP contribution in [0, 0.1) is 5.92 Å². The van der Waals surface area contributed by atoms with E-state index in [1.807, 2.05) is 20.8 Å². The minimum Gasteiger partial charge on any atom is -0.392 e. The summed E-state index contributed by atoms with van der Waals surface area (Å²) in [5.41, 5.74) is 0.632. The van der Waals surface area contributed by atoms with Crippen LogP contribution in [-0.4, -0.2) is 19.6 Å². The maximum atomic E-state index is 12.1. The van der Waals surface area contributed by atoms with Crippen molar-refractivity contribution in [3.63, 3.8) is 0 Å². The molecule has 0 saturated heterocycles. The summed E-state index contributed by atoms with van der Waals surface area (Å²) in [4.78, 5) is 0. The van der Waals surface area contributed by atoms with E-state index < -0.39 is 10.0 Å². The molecule has 1 heterocycles. The first-order valence-electron chi connectivity index (χ1n) is 5.61. The quantitative estimate of drug-likeness (QED) is 0.835. The van der Waals surface area contributed by atoms with Crippen molar-refractivity contribution >= 4 is 21.4 Å². The fourth-order valence-corrected chi connectivity index (χ4v) is 4.21. The molecule has 0 amide bonds. The van der Waals surface area contributed by atoms with Crippen LogP contribution in [0.4, 0.5) is 0 Å². The van der Waals surface area contributed by atoms with E-state index in [-0.39, 0.29) is 22.8 Å². The highest BCUT2D eigenvalue weighted by Crippen LogP contribution is 2.21. The molecule has 4 nitrogen and oxygen atoms in total. The third kappa shape index (κ3) is 3.77. The predicted molar refractivity (Wildman–Crippen MR) is 69.5 cm³/mol. The van der Waals surface area contributed by atoms with Gasteiger partial charge in [0, 0.05) is 6.04 Å². The Labute approximate surface area is 107 Å². The van der Waals surface area contributed by atoms with Gasteiger partial charge in [-0.05, 0) is 29.3 Å². The van der Waals surface area contributed by atoms with Crippen molar-refractivity contribution in [1.82, 2.24) is 4.72 Å². The van der Waals surface area contributed by atoms with Crippen LogP contribution in [-0.2, 0) is 16.6 Å². The van der Waals surface area contributed by atoms with Crippen molar-refractivity contribution in [2.45, 2.75) is 44.0 Å². The van der Waals surface area contributed by atoms with Gasteiger partial charge in [0.2, 0.25) is 10.0 Å². The van der Waals surface area contributed by atoms with Gasteiger partial charge in [-0.25, -0.2) is 13.1 Å². The fraction of sp³-hybridized carbons (Fsp3) is 0.636. The lowest BCUT2D eigenvalue weighted by Crippen LogP contribution is -2.37. The van der Waals surface area contributed by atoms with Crippen LogP contribution in [0.5, 0.6) is 0 Å². The number of hydrogen-bond donors (Lipinski definition) is 2. The summed E-state index contributed by atoms with van der Waals surface area (Å²) in [6, 6.07) is 1.46. The number of thiophene rings is 1. The molecule has 1 aromatic rings. The smallest absolute Gasteiger partial charge is 0.250 e. The van der Waals surface area contributed by atoms with Crippen LogP contribution in [0.1, 0.15) is 32.8 Å². The maximum absolute atomic E-state index is 12.1. The summed E-state index contributed by atoms with van der Waals surface area (Å²) in [6.07, 6.45) is 0.759. The molecule has 0 aliphatic heterocycles. The van der Waals surface area contributed by atoms with Crippen LogP contribution in [0.3, 0.4) is 0 Å². The normalized spacial score (nSPS) is 14.2. The largest absolute Gasteiger partial charge is 0.392 e. The highest BCUT2D eigenvalue weighted by molar-refractivity contribution is 7.91. The van der Waals surface area contributed by atoms with Crippen molar-refractivity contribution in [2.24, 2.45) is 5.92 Å². The van der Waals surface area contributed by atoms with Crippen LogP contribution in [0.15, 0.2) is 15.7 Å². The van der Waals surface area contributed by atoms with Crippen molar-refractivity contribution in [3.05, 3.63) is 17.0 Å². The summed E-state index contributed by atoms with van der Waals surface area (Å²) >= 11 is 1.13. The second kappa shape index (κ2) is 5.95. The Balaban J connectivity index is 2.88. The first-order chi connectivity index (χ1) is 7.90. The maximum Gasteiger partial charge on any atom is 0.250 e. The number of hydrogen-bond acceptors (Lipinski definition) is 4. The van der Waals surface area contributed by atoms with Crippen LogP contribution in [0.25, 0.3) is 0 Å². The van der Waals surface area contributed by atoms with Crippen LogP contribution >= 0.6 is 11.3 Å². The van der Waals surface area contributed by atoms with E-state index in [9.17, 15) is 8.42 Å². The molecular weight excluding hydrogens is 258 g/mol. The summed E-state index contributed by atoms with van der Waals surface area (Å²) < 4.78 is 27.1. The molecule has 0 aromatic carbocycles. The molecule has 0 bridgehead atoms. The molecule has 17 heavy (non-hydrogen) atoms. The van der Waals surface area contributed by atoms with Gasteiger partial charge in [0.05, 0.1) is 6.61 Å². The zero-order chi connectivity index (χ0) is 13.1. The van der Waals surface area contributed by atoms with Crippen molar-refractivity contribution in [1.29, 1.82) is 0 Å². The molecular formula is C11H19NO3S2. The van der Waals surface area contributed by atoms with Gasteiger partial charge in [-0.2, -0.15) is 0 Å². The van der Waals surface area contributed by atoms with Gasteiger partial charge in [0.1, 0.15) is 4.21 Å². The number of sulfonamides is 1. The van der Waals surface area contributed by atoms with Crippen LogP contribution < -0.4 is 4.72 Å². The highest BCUT2D eigenvalue weighted by Gasteiger charge is 2.22. The lowest BCUT2D eigenvalue weighted by molar-refractivity contribution is 0.282. The molecule has 2 N–H and O–H groups in total. The zero-order valence-corrected chi connectivity index (χ0v) is 11.9. The van der Waals surface area contributed by atoms with Crippen molar-refractivity contribution in [3.8, 4) is 0 Å². The average Bonchev–Trinajstić information content (AvgIpc) is 2.74. The molecule has 0 aliphatic rings. The van der Waals surface area contributed by atoms with Gasteiger partial charge >= 0.3 is 0 Å². The SMILES string of the molecule is CCC(NS(=O)(=O)c1cc(CO)cs1)C(C)C. The van der Waals surface area contributed by atoms with Crippen molar-refractivity contribution < 1.29 is 13.5 Å². The highest BCUT2D eigenvalue weighted by atomic mass is 32.2. The Kier molecular flexibility index (Phi) is 5.12. The Morgan fingerprint density at radius 1 is 1.47 bits per heavy atom. The standard InChI is InChI=1S/C11H19NO3S2/c1-4-10(8(2)3)12-17(14,15)11-5-9(6-13)7-16-11/h5,7-8,10,12-13H,4,6H2,1-3H3. The van der Waals surface area contributed by atoms with Gasteiger partial charge < -0.3 is 5.11 Å². The molecule has 1 unspecified atom stereocenters. The lowest BCUT2D eigenvalue weighted by atomic mass is 10.0. The first kappa shape index (κ1) is 14.6. The Morgan fingerprint density at radius 2 is 2.12 bits per heavy atom. The monoisotopic (exact) mass is 277 g/mol. The molecule has 0 aliphatic carbocycles. The minimum absolute atomic E-state index is 0.0559. The van der Waals surface area contributed by atoms with Gasteiger partial charge in [0.25, 0.3) is 0 Å². The third-order valence-electron chi connectivity index (χ3n) is 2.63. The fourth-order valence-electron chi connectivity index (χ4n) is 1.53. The molecule has 0 radical (unpaired) electrons. The Bertz CT molecular complexity index is 451. The molecule has 1 rings (SSSR count). The molecule has 98 valence electrons. The zero-order valence-electron chi connectivity index (χ0n) is 10.3. The predicted octanol–water partition coefficient (Wildman–Crippen LogP) is 1.95. The second-order valence-electron chi connectivity index (χ2n) is 4.31. The van der Waals surface area contributed by atoms with E-state index in [4.69, 9.17) is 5.11 Å². The van der Waals surface area contributed by atoms with Gasteiger partial charge in [-0.1, -0.05) is 20.8 Å². The number of aliphatic hydroxyl groups is 1. The first-order valence-corrected chi connectivity index (χ1v) is 7.97. The summed E-state index contributed by atoms with van der Waals surface area (Å²) in [5.74, 6) is 0.257. The Hall–Kier alpha value is -0.430. The summed E-state index contributed by atoms with van der Waals surface area (Å²) in [6.45, 7) is 5.81. The average molecular weight is 277 g/mol. The Morgan fingerprint density at radius 3 is 2.53 bits per heavy atom. The number of aliphatic hydroxyl groups excluding tert-OH is 1. The van der Waals surface area contributed by atoms with E-state index in [0.29, 0.717) is 5.56 Å². The molecule has 1 aromatic heterocycles. The minimum atomic E-state index is -3.45. The van der Waals surface area contributed by atoms with E-state index >= 15 is 0 Å². The molecule has 0 fully saturated rings. The molecule has 0 spiro atoms. The number of nitrogens with one attached hydrogen (secondary N) is 1.